The molecule has 0 aliphatic carbocycles. The number of halogens is 1. The normalized spacial score (nSPS) is 12.3. The van der Waals surface area contributed by atoms with Gasteiger partial charge in [0.05, 0.1) is 26.4 Å². The molecule has 0 aliphatic rings. The van der Waals surface area contributed by atoms with Crippen molar-refractivity contribution in [1.29, 1.82) is 0 Å². The number of hydrogen-bond donors (Lipinski definition) is 2. The van der Waals surface area contributed by atoms with E-state index in [9.17, 15) is 9.36 Å². The summed E-state index contributed by atoms with van der Waals surface area (Å²) in [6.07, 6.45) is 0.754. The van der Waals surface area contributed by atoms with Gasteiger partial charge in [0.15, 0.2) is 11.0 Å². The van der Waals surface area contributed by atoms with Gasteiger partial charge in [-0.1, -0.05) is 41.9 Å². The van der Waals surface area contributed by atoms with E-state index >= 15 is 0 Å². The number of ether oxygens (including phenoxy) is 2. The van der Waals surface area contributed by atoms with Crippen molar-refractivity contribution in [2.75, 3.05) is 43.6 Å². The maximum Gasteiger partial charge on any atom is 0.356 e. The van der Waals surface area contributed by atoms with Crippen molar-refractivity contribution in [3.8, 4) is 0 Å². The molecule has 1 aromatic carbocycles. The van der Waals surface area contributed by atoms with Gasteiger partial charge in [-0.3, -0.25) is 14.2 Å². The topological polar surface area (TPSA) is 130 Å². The summed E-state index contributed by atoms with van der Waals surface area (Å²) in [5.41, 5.74) is 3.75. The summed E-state index contributed by atoms with van der Waals surface area (Å²) in [6, 6.07) is 9.62. The van der Waals surface area contributed by atoms with Crippen LogP contribution in [0.2, 0.25) is 5.15 Å². The van der Waals surface area contributed by atoms with E-state index in [1.807, 2.05) is 30.3 Å². The minimum Gasteiger partial charge on any atom is -0.374 e. The fourth-order valence-electron chi connectivity index (χ4n) is 2.56. The lowest BCUT2D eigenvalue weighted by Gasteiger charge is -2.22. The van der Waals surface area contributed by atoms with Crippen molar-refractivity contribution < 1.29 is 32.7 Å². The number of rotatable bonds is 17. The van der Waals surface area contributed by atoms with E-state index in [2.05, 4.69) is 20.8 Å². The molecule has 0 saturated carbocycles. The Morgan fingerprint density at radius 1 is 1.12 bits per heavy atom. The Kier molecular flexibility index (Phi) is 12.3. The highest BCUT2D eigenvalue weighted by molar-refractivity contribution is 7.53. The van der Waals surface area contributed by atoms with Crippen LogP contribution in [0.4, 0.5) is 11.5 Å². The number of aromatic nitrogens is 2. The van der Waals surface area contributed by atoms with Crippen molar-refractivity contribution in [2.45, 2.75) is 26.6 Å². The van der Waals surface area contributed by atoms with Crippen molar-refractivity contribution in [2.24, 2.45) is 0 Å². The molecule has 182 valence electrons. The Morgan fingerprint density at radius 3 is 2.52 bits per heavy atom. The number of amides is 1. The Labute approximate surface area is 197 Å². The summed E-state index contributed by atoms with van der Waals surface area (Å²) in [5, 5.41) is 2.44. The van der Waals surface area contributed by atoms with Crippen LogP contribution in [0.15, 0.2) is 36.7 Å². The van der Waals surface area contributed by atoms with E-state index in [-0.39, 0.29) is 49.4 Å². The van der Waals surface area contributed by atoms with Gasteiger partial charge in [0.2, 0.25) is 6.41 Å². The van der Waals surface area contributed by atoms with Gasteiger partial charge in [0.1, 0.15) is 31.1 Å². The Hall–Kier alpha value is -2.11. The second kappa shape index (κ2) is 14.9. The third-order valence-corrected chi connectivity index (χ3v) is 6.03. The number of hydrogen-bond acceptors (Lipinski definition) is 10. The Balaban J connectivity index is 1.98. The van der Waals surface area contributed by atoms with Crippen molar-refractivity contribution in [3.05, 3.63) is 47.4 Å². The molecule has 0 fully saturated rings. The van der Waals surface area contributed by atoms with Gasteiger partial charge in [-0.05, 0) is 19.4 Å². The third-order valence-electron chi connectivity index (χ3n) is 3.98. The van der Waals surface area contributed by atoms with E-state index in [0.717, 1.165) is 5.56 Å². The quantitative estimate of drug-likeness (QED) is 0.142. The highest BCUT2D eigenvalue weighted by Gasteiger charge is 2.26. The highest BCUT2D eigenvalue weighted by Crippen LogP contribution is 2.48. The first kappa shape index (κ1) is 27.1. The monoisotopic (exact) mass is 502 g/mol. The van der Waals surface area contributed by atoms with Crippen LogP contribution in [-0.4, -0.2) is 55.3 Å². The third kappa shape index (κ3) is 9.73. The van der Waals surface area contributed by atoms with Gasteiger partial charge in [0.25, 0.3) is 0 Å². The molecule has 1 aromatic heterocycles. The SMILES string of the molecule is CCOP(=O)(COC(COCc1ccccc1)CONc1ncnc(Cl)c1NC=O)OCC. The van der Waals surface area contributed by atoms with Crippen LogP contribution in [-0.2, 0) is 39.3 Å². The fraction of sp³-hybridized carbons (Fsp3) is 0.450. The number of benzene rings is 1. The zero-order valence-electron chi connectivity index (χ0n) is 18.4. The second-order valence-electron chi connectivity index (χ2n) is 6.43. The van der Waals surface area contributed by atoms with Crippen LogP contribution >= 0.6 is 19.2 Å². The largest absolute Gasteiger partial charge is 0.374 e. The predicted octanol–water partition coefficient (Wildman–Crippen LogP) is 3.87. The van der Waals surface area contributed by atoms with Crippen LogP contribution in [0.1, 0.15) is 19.4 Å². The molecule has 0 radical (unpaired) electrons. The lowest BCUT2D eigenvalue weighted by Crippen LogP contribution is -2.28. The summed E-state index contributed by atoms with van der Waals surface area (Å²) in [7, 11) is -3.42. The number of nitrogens with zero attached hydrogens (tertiary/aromatic N) is 2. The van der Waals surface area contributed by atoms with Crippen LogP contribution in [0.5, 0.6) is 0 Å². The number of carbonyl (C=O) groups excluding carboxylic acids is 1. The van der Waals surface area contributed by atoms with E-state index < -0.39 is 13.7 Å². The molecule has 2 N–H and O–H groups in total. The average molecular weight is 503 g/mol. The van der Waals surface area contributed by atoms with E-state index in [4.69, 9.17) is 35.0 Å². The van der Waals surface area contributed by atoms with E-state index in [0.29, 0.717) is 13.0 Å². The minimum absolute atomic E-state index is 0.0187. The molecule has 11 nitrogen and oxygen atoms in total. The number of anilines is 2. The van der Waals surface area contributed by atoms with Gasteiger partial charge in [-0.25, -0.2) is 15.4 Å². The van der Waals surface area contributed by atoms with E-state index in [1.54, 1.807) is 13.8 Å². The maximum atomic E-state index is 12.7. The predicted molar refractivity (Wildman–Crippen MR) is 123 cm³/mol. The molecule has 0 bridgehead atoms. The summed E-state index contributed by atoms with van der Waals surface area (Å²) in [4.78, 5) is 24.1. The number of nitrogens with one attached hydrogen (secondary N) is 2. The highest BCUT2D eigenvalue weighted by atomic mass is 35.5. The van der Waals surface area contributed by atoms with Crippen molar-refractivity contribution in [3.63, 3.8) is 0 Å². The molecule has 1 amide bonds. The van der Waals surface area contributed by atoms with Crippen LogP contribution in [0, 0.1) is 0 Å². The van der Waals surface area contributed by atoms with Crippen molar-refractivity contribution >= 4 is 37.1 Å². The van der Waals surface area contributed by atoms with Gasteiger partial charge in [-0.2, -0.15) is 0 Å². The molecule has 0 saturated heterocycles. The van der Waals surface area contributed by atoms with Crippen molar-refractivity contribution in [1.82, 2.24) is 9.97 Å². The summed E-state index contributed by atoms with van der Waals surface area (Å²) < 4.78 is 34.7. The smallest absolute Gasteiger partial charge is 0.356 e. The summed E-state index contributed by atoms with van der Waals surface area (Å²) in [5.74, 6) is 0.153. The summed E-state index contributed by atoms with van der Waals surface area (Å²) >= 11 is 5.96. The lowest BCUT2D eigenvalue weighted by atomic mass is 10.2. The second-order valence-corrected chi connectivity index (χ2v) is 8.78. The summed E-state index contributed by atoms with van der Waals surface area (Å²) in [6.45, 7) is 4.35. The lowest BCUT2D eigenvalue weighted by molar-refractivity contribution is -0.105. The van der Waals surface area contributed by atoms with E-state index in [1.165, 1.54) is 6.33 Å². The van der Waals surface area contributed by atoms with Crippen LogP contribution in [0.3, 0.4) is 0 Å². The zero-order chi connectivity index (χ0) is 23.9. The molecular weight excluding hydrogens is 475 g/mol. The number of carbonyl (C=O) groups is 1. The molecule has 33 heavy (non-hydrogen) atoms. The fourth-order valence-corrected chi connectivity index (χ4v) is 4.15. The standard InChI is InChI=1S/C20H28ClN4O7P/c1-3-31-33(27,32-4-2)15-29-17(11-28-10-16-8-6-5-7-9-16)12-30-25-20-18(24-14-26)19(21)22-13-23-20/h5-9,13-14,17H,3-4,10-12,15H2,1-2H3,(H,24,26)(H,22,23,25). The molecule has 1 unspecified atom stereocenters. The first-order valence-electron chi connectivity index (χ1n) is 10.2. The molecule has 0 spiro atoms. The Bertz CT molecular complexity index is 884. The molecule has 1 heterocycles. The van der Waals surface area contributed by atoms with Gasteiger partial charge in [-0.15, -0.1) is 0 Å². The first-order chi connectivity index (χ1) is 16.0. The average Bonchev–Trinajstić information content (AvgIpc) is 2.80. The molecule has 2 aromatic rings. The molecule has 2 rings (SSSR count). The zero-order valence-corrected chi connectivity index (χ0v) is 20.1. The van der Waals surface area contributed by atoms with Gasteiger partial charge in [0, 0.05) is 0 Å². The minimum atomic E-state index is -3.42. The molecule has 13 heteroatoms. The molecule has 1 atom stereocenters. The van der Waals surface area contributed by atoms with Gasteiger partial charge >= 0.3 is 7.60 Å². The maximum absolute atomic E-state index is 12.7. The molecular formula is C20H28ClN4O7P. The van der Waals surface area contributed by atoms with Gasteiger partial charge < -0.3 is 23.8 Å². The first-order valence-corrected chi connectivity index (χ1v) is 12.3. The Morgan fingerprint density at radius 2 is 1.85 bits per heavy atom. The van der Waals surface area contributed by atoms with Crippen LogP contribution in [0.25, 0.3) is 0 Å². The van der Waals surface area contributed by atoms with Crippen LogP contribution < -0.4 is 10.8 Å². The molecule has 0 aliphatic heterocycles.